The van der Waals surface area contributed by atoms with Gasteiger partial charge in [-0.3, -0.25) is 0 Å². The van der Waals surface area contributed by atoms with Crippen molar-refractivity contribution in [3.63, 3.8) is 0 Å². The van der Waals surface area contributed by atoms with Gasteiger partial charge < -0.3 is 10.1 Å². The molecule has 0 aliphatic carbocycles. The van der Waals surface area contributed by atoms with Gasteiger partial charge in [0.25, 0.3) is 0 Å². The zero-order valence-electron chi connectivity index (χ0n) is 11.8. The number of aromatic nitrogens is 4. The van der Waals surface area contributed by atoms with Gasteiger partial charge in [-0.15, -0.1) is 5.10 Å². The smallest absolute Gasteiger partial charge is 0.165 e. The van der Waals surface area contributed by atoms with Crippen molar-refractivity contribution in [3.05, 3.63) is 41.7 Å². The molecule has 108 valence electrons. The molecule has 0 saturated carbocycles. The standard InChI is InChI=1S/C14H21N5O/c1-20-11-9-15-12-14-16-17-18-19(14)10-5-8-13-6-3-2-4-7-13/h2-4,6-7,15H,5,8-12H2,1H3. The van der Waals surface area contributed by atoms with Gasteiger partial charge in [-0.2, -0.15) is 0 Å². The molecule has 20 heavy (non-hydrogen) atoms. The van der Waals surface area contributed by atoms with E-state index in [4.69, 9.17) is 4.74 Å². The van der Waals surface area contributed by atoms with E-state index in [0.29, 0.717) is 13.2 Å². The van der Waals surface area contributed by atoms with Crippen LogP contribution >= 0.6 is 0 Å². The Labute approximate surface area is 119 Å². The summed E-state index contributed by atoms with van der Waals surface area (Å²) in [6.45, 7) is 2.99. The summed E-state index contributed by atoms with van der Waals surface area (Å²) in [4.78, 5) is 0. The number of rotatable bonds is 9. The molecule has 1 aromatic carbocycles. The molecule has 0 fully saturated rings. The molecule has 0 aliphatic heterocycles. The van der Waals surface area contributed by atoms with Crippen LogP contribution in [0.4, 0.5) is 0 Å². The fourth-order valence-electron chi connectivity index (χ4n) is 1.98. The van der Waals surface area contributed by atoms with Crippen LogP contribution in [0.5, 0.6) is 0 Å². The highest BCUT2D eigenvalue weighted by Gasteiger charge is 2.05. The molecule has 0 saturated heterocycles. The first kappa shape index (κ1) is 14.6. The number of aryl methyl sites for hydroxylation is 2. The van der Waals surface area contributed by atoms with Crippen LogP contribution < -0.4 is 5.32 Å². The van der Waals surface area contributed by atoms with Crippen molar-refractivity contribution in [1.82, 2.24) is 25.5 Å². The zero-order valence-corrected chi connectivity index (χ0v) is 11.8. The molecule has 1 heterocycles. The molecule has 1 N–H and O–H groups in total. The lowest BCUT2D eigenvalue weighted by Gasteiger charge is -2.06. The summed E-state index contributed by atoms with van der Waals surface area (Å²) >= 11 is 0. The third-order valence-electron chi connectivity index (χ3n) is 3.05. The fourth-order valence-corrected chi connectivity index (χ4v) is 1.98. The van der Waals surface area contributed by atoms with Gasteiger partial charge in [0.15, 0.2) is 5.82 Å². The average molecular weight is 275 g/mol. The molecule has 0 atom stereocenters. The molecule has 1 aromatic heterocycles. The normalized spacial score (nSPS) is 10.8. The highest BCUT2D eigenvalue weighted by atomic mass is 16.5. The molecule has 0 radical (unpaired) electrons. The number of nitrogens with zero attached hydrogens (tertiary/aromatic N) is 4. The third kappa shape index (κ3) is 4.71. The monoisotopic (exact) mass is 275 g/mol. The maximum Gasteiger partial charge on any atom is 0.165 e. The quantitative estimate of drug-likeness (QED) is 0.693. The van der Waals surface area contributed by atoms with E-state index >= 15 is 0 Å². The predicted octanol–water partition coefficient (Wildman–Crippen LogP) is 1.04. The first-order chi connectivity index (χ1) is 9.90. The number of tetrazole rings is 1. The Balaban J connectivity index is 1.74. The van der Waals surface area contributed by atoms with Gasteiger partial charge in [0.2, 0.25) is 0 Å². The summed E-state index contributed by atoms with van der Waals surface area (Å²) in [6.07, 6.45) is 2.07. The number of nitrogens with one attached hydrogen (secondary N) is 1. The van der Waals surface area contributed by atoms with E-state index < -0.39 is 0 Å². The van der Waals surface area contributed by atoms with Gasteiger partial charge in [0, 0.05) is 20.2 Å². The van der Waals surface area contributed by atoms with Crippen molar-refractivity contribution < 1.29 is 4.74 Å². The van der Waals surface area contributed by atoms with Crippen molar-refractivity contribution in [2.75, 3.05) is 20.3 Å². The van der Waals surface area contributed by atoms with Crippen LogP contribution in [-0.2, 0) is 24.2 Å². The van der Waals surface area contributed by atoms with Gasteiger partial charge in [-0.1, -0.05) is 30.3 Å². The first-order valence-corrected chi connectivity index (χ1v) is 6.89. The largest absolute Gasteiger partial charge is 0.383 e. The summed E-state index contributed by atoms with van der Waals surface area (Å²) in [5.74, 6) is 0.870. The average Bonchev–Trinajstić information content (AvgIpc) is 2.92. The second-order valence-electron chi connectivity index (χ2n) is 4.58. The Hall–Kier alpha value is -1.79. The predicted molar refractivity (Wildman–Crippen MR) is 76.2 cm³/mol. The number of methoxy groups -OCH3 is 1. The SMILES string of the molecule is COCCNCc1nnnn1CCCc1ccccc1. The molecular formula is C14H21N5O. The summed E-state index contributed by atoms with van der Waals surface area (Å²) < 4.78 is 6.85. The second-order valence-corrected chi connectivity index (χ2v) is 4.58. The Morgan fingerprint density at radius 2 is 2.10 bits per heavy atom. The molecule has 0 bridgehead atoms. The van der Waals surface area contributed by atoms with Gasteiger partial charge in [-0.05, 0) is 28.8 Å². The summed E-state index contributed by atoms with van der Waals surface area (Å²) in [6, 6.07) is 10.5. The van der Waals surface area contributed by atoms with Crippen LogP contribution in [0.2, 0.25) is 0 Å². The second kappa shape index (κ2) is 8.39. The minimum Gasteiger partial charge on any atom is -0.383 e. The molecule has 6 nitrogen and oxygen atoms in total. The molecule has 0 spiro atoms. The Morgan fingerprint density at radius 1 is 1.25 bits per heavy atom. The molecule has 0 unspecified atom stereocenters. The highest BCUT2D eigenvalue weighted by Crippen LogP contribution is 2.04. The minimum atomic E-state index is 0.668. The minimum absolute atomic E-state index is 0.668. The summed E-state index contributed by atoms with van der Waals surface area (Å²) in [5, 5.41) is 15.1. The zero-order chi connectivity index (χ0) is 14.0. The van der Waals surface area contributed by atoms with Crippen molar-refractivity contribution in [2.45, 2.75) is 25.9 Å². The molecular weight excluding hydrogens is 254 g/mol. The highest BCUT2D eigenvalue weighted by molar-refractivity contribution is 5.14. The maximum absolute atomic E-state index is 4.98. The Kier molecular flexibility index (Phi) is 6.13. The van der Waals surface area contributed by atoms with Gasteiger partial charge in [0.1, 0.15) is 0 Å². The van der Waals surface area contributed by atoms with Gasteiger partial charge in [0.05, 0.1) is 13.2 Å². The van der Waals surface area contributed by atoms with Crippen LogP contribution in [0.1, 0.15) is 17.8 Å². The van der Waals surface area contributed by atoms with Crippen LogP contribution in [0.3, 0.4) is 0 Å². The number of hydrogen-bond donors (Lipinski definition) is 1. The van der Waals surface area contributed by atoms with Crippen LogP contribution in [0.25, 0.3) is 0 Å². The molecule has 0 amide bonds. The third-order valence-corrected chi connectivity index (χ3v) is 3.05. The van der Waals surface area contributed by atoms with E-state index in [1.807, 2.05) is 10.7 Å². The molecule has 2 aromatic rings. The number of ether oxygens (including phenoxy) is 1. The van der Waals surface area contributed by atoms with Crippen molar-refractivity contribution in [3.8, 4) is 0 Å². The topological polar surface area (TPSA) is 64.9 Å². The van der Waals surface area contributed by atoms with E-state index in [2.05, 4.69) is 45.1 Å². The van der Waals surface area contributed by atoms with E-state index in [1.165, 1.54) is 5.56 Å². The van der Waals surface area contributed by atoms with Crippen LogP contribution in [0, 0.1) is 0 Å². The Morgan fingerprint density at radius 3 is 2.90 bits per heavy atom. The Bertz CT molecular complexity index is 485. The summed E-state index contributed by atoms with van der Waals surface area (Å²) in [7, 11) is 1.69. The maximum atomic E-state index is 4.98. The number of benzene rings is 1. The van der Waals surface area contributed by atoms with E-state index in [0.717, 1.165) is 31.8 Å². The lowest BCUT2D eigenvalue weighted by atomic mass is 10.1. The van der Waals surface area contributed by atoms with E-state index in [-0.39, 0.29) is 0 Å². The molecule has 6 heteroatoms. The molecule has 0 aliphatic rings. The van der Waals surface area contributed by atoms with Crippen molar-refractivity contribution >= 4 is 0 Å². The first-order valence-electron chi connectivity index (χ1n) is 6.89. The fraction of sp³-hybridized carbons (Fsp3) is 0.500. The summed E-state index contributed by atoms with van der Waals surface area (Å²) in [5.41, 5.74) is 1.35. The van der Waals surface area contributed by atoms with Crippen molar-refractivity contribution in [2.24, 2.45) is 0 Å². The number of hydrogen-bond acceptors (Lipinski definition) is 5. The van der Waals surface area contributed by atoms with Gasteiger partial charge in [-0.25, -0.2) is 4.68 Å². The van der Waals surface area contributed by atoms with E-state index in [9.17, 15) is 0 Å². The lowest BCUT2D eigenvalue weighted by Crippen LogP contribution is -2.21. The molecule has 2 rings (SSSR count). The van der Waals surface area contributed by atoms with Crippen LogP contribution in [-0.4, -0.2) is 40.5 Å². The van der Waals surface area contributed by atoms with E-state index in [1.54, 1.807) is 7.11 Å². The van der Waals surface area contributed by atoms with Crippen LogP contribution in [0.15, 0.2) is 30.3 Å². The van der Waals surface area contributed by atoms with Gasteiger partial charge >= 0.3 is 0 Å². The van der Waals surface area contributed by atoms with Crippen molar-refractivity contribution in [1.29, 1.82) is 0 Å². The lowest BCUT2D eigenvalue weighted by molar-refractivity contribution is 0.198.